The fraction of sp³-hybridized carbons (Fsp3) is 0.233. The lowest BCUT2D eigenvalue weighted by atomic mass is 9.79. The van der Waals surface area contributed by atoms with Gasteiger partial charge in [-0.05, 0) is 122 Å². The summed E-state index contributed by atoms with van der Waals surface area (Å²) >= 11 is 0. The molecule has 8 aromatic carbocycles. The van der Waals surface area contributed by atoms with Gasteiger partial charge in [-0.3, -0.25) is 0 Å². The molecule has 0 fully saturated rings. The quantitative estimate of drug-likeness (QED) is 0.126. The van der Waals surface area contributed by atoms with Gasteiger partial charge in [0.05, 0.1) is 33.7 Å². The molecule has 0 atom stereocenters. The third kappa shape index (κ3) is 11.3. The highest BCUT2D eigenvalue weighted by Gasteiger charge is 2.27. The van der Waals surface area contributed by atoms with Gasteiger partial charge in [0.2, 0.25) is 0 Å². The van der Waals surface area contributed by atoms with E-state index in [-0.39, 0.29) is 28.3 Å². The van der Waals surface area contributed by atoms with Crippen molar-refractivity contribution in [2.75, 3.05) is 0 Å². The van der Waals surface area contributed by atoms with E-state index in [4.69, 9.17) is 29.7 Å². The molecule has 0 saturated carbocycles. The summed E-state index contributed by atoms with van der Waals surface area (Å²) in [7, 11) is 0. The first-order chi connectivity index (χ1) is 38.5. The third-order valence-electron chi connectivity index (χ3n) is 15.2. The summed E-state index contributed by atoms with van der Waals surface area (Å²) in [6.07, 6.45) is 0. The van der Waals surface area contributed by atoms with Crippen molar-refractivity contribution in [2.45, 2.75) is 111 Å². The second kappa shape index (κ2) is 21.0. The molecule has 0 bridgehead atoms. The Morgan fingerprint density at radius 3 is 1.33 bits per heavy atom. The normalized spacial score (nSPS) is 12.3. The number of ether oxygens (including phenoxy) is 1. The van der Waals surface area contributed by atoms with E-state index in [1.165, 1.54) is 22.3 Å². The van der Waals surface area contributed by atoms with Gasteiger partial charge in [0.1, 0.15) is 6.61 Å². The average molecular weight is 1060 g/mol. The number of carbonyl (C=O) groups is 1. The molecule has 8 heteroatoms. The number of hydrogen-bond donors (Lipinski definition) is 0. The molecular weight excluding hydrogens is 993 g/mol. The van der Waals surface area contributed by atoms with Gasteiger partial charge in [-0.2, -0.15) is 0 Å². The van der Waals surface area contributed by atoms with E-state index in [0.29, 0.717) is 28.9 Å². The molecule has 0 amide bonds. The Hall–Kier alpha value is -8.88. The zero-order valence-corrected chi connectivity index (χ0v) is 48.7. The molecule has 0 aliphatic heterocycles. The average Bonchev–Trinajstić information content (AvgIpc) is 3.76. The minimum Gasteiger partial charge on any atom is -0.457 e. The fourth-order valence-electron chi connectivity index (χ4n) is 10.3. The van der Waals surface area contributed by atoms with Crippen LogP contribution in [0.5, 0.6) is 0 Å². The van der Waals surface area contributed by atoms with Crippen LogP contribution in [0.1, 0.15) is 121 Å². The van der Waals surface area contributed by atoms with Crippen molar-refractivity contribution in [3.8, 4) is 73.8 Å². The zero-order valence-electron chi connectivity index (χ0n) is 48.7. The standard InChI is InChI=1S/C73H70N6O2/c1-70(2,3)53-36-51(37-54(42-53)71(4,5)6)66-76-67(52-38-55(72(7,8)9)43-56(39-52)73(10,11)12)78-68(77-66)59-40-49(65-74-60(47-26-18-14-19-27-47)44-61(75-65)48-28-20-15-21-29-48)32-34-64(59)79-62-31-23-22-30-57(62)58-41-50(33-35-63(58)79)69(80)81-45-46-24-16-13-17-25-46/h13-44H,45H2,1-12H3. The van der Waals surface area contributed by atoms with Gasteiger partial charge >= 0.3 is 5.97 Å². The number of carbonyl (C=O) groups excluding carboxylic acids is 1. The summed E-state index contributed by atoms with van der Waals surface area (Å²) in [5.74, 6) is 1.78. The maximum absolute atomic E-state index is 13.9. The smallest absolute Gasteiger partial charge is 0.338 e. The molecule has 404 valence electrons. The number of aromatic nitrogens is 6. The van der Waals surface area contributed by atoms with E-state index in [0.717, 1.165) is 77.8 Å². The summed E-state index contributed by atoms with van der Waals surface area (Å²) in [5, 5.41) is 1.88. The van der Waals surface area contributed by atoms with E-state index in [9.17, 15) is 4.79 Å². The zero-order chi connectivity index (χ0) is 57.0. The van der Waals surface area contributed by atoms with E-state index >= 15 is 0 Å². The van der Waals surface area contributed by atoms with Gasteiger partial charge in [-0.25, -0.2) is 29.7 Å². The Morgan fingerprint density at radius 1 is 0.383 bits per heavy atom. The highest BCUT2D eigenvalue weighted by molar-refractivity contribution is 6.11. The highest BCUT2D eigenvalue weighted by Crippen LogP contribution is 2.41. The van der Waals surface area contributed by atoms with Crippen LogP contribution in [-0.2, 0) is 33.0 Å². The molecule has 0 aliphatic rings. The summed E-state index contributed by atoms with van der Waals surface area (Å²) in [5.41, 5.74) is 15.1. The first kappa shape index (κ1) is 54.1. The lowest BCUT2D eigenvalue weighted by Crippen LogP contribution is -2.17. The highest BCUT2D eigenvalue weighted by atomic mass is 16.5. The molecule has 0 spiro atoms. The van der Waals surface area contributed by atoms with Crippen molar-refractivity contribution in [3.63, 3.8) is 0 Å². The molecular formula is C73H70N6O2. The van der Waals surface area contributed by atoms with Crippen molar-refractivity contribution >= 4 is 27.8 Å². The Kier molecular flexibility index (Phi) is 14.0. The van der Waals surface area contributed by atoms with E-state index < -0.39 is 5.97 Å². The maximum Gasteiger partial charge on any atom is 0.338 e. The molecule has 0 saturated heterocycles. The number of rotatable bonds is 10. The van der Waals surface area contributed by atoms with Crippen LogP contribution >= 0.6 is 0 Å². The fourth-order valence-corrected chi connectivity index (χ4v) is 10.3. The Morgan fingerprint density at radius 2 is 0.827 bits per heavy atom. The van der Waals surface area contributed by atoms with Gasteiger partial charge in [0, 0.05) is 44.2 Å². The third-order valence-corrected chi connectivity index (χ3v) is 15.2. The van der Waals surface area contributed by atoms with E-state index in [1.54, 1.807) is 0 Å². The van der Waals surface area contributed by atoms with Gasteiger partial charge in [0.15, 0.2) is 23.3 Å². The van der Waals surface area contributed by atoms with Crippen LogP contribution in [0.15, 0.2) is 194 Å². The molecule has 0 radical (unpaired) electrons. The van der Waals surface area contributed by atoms with Crippen LogP contribution in [-0.4, -0.2) is 35.5 Å². The first-order valence-electron chi connectivity index (χ1n) is 28.0. The van der Waals surface area contributed by atoms with Crippen LogP contribution in [0.2, 0.25) is 0 Å². The predicted octanol–water partition coefficient (Wildman–Crippen LogP) is 18.3. The minimum atomic E-state index is -0.393. The molecule has 0 N–H and O–H groups in total. The Labute approximate surface area is 477 Å². The van der Waals surface area contributed by atoms with Crippen LogP contribution < -0.4 is 0 Å². The Balaban J connectivity index is 1.21. The SMILES string of the molecule is CC(C)(C)c1cc(-c2nc(-c3cc(C(C)(C)C)cc(C(C)(C)C)c3)nc(-c3cc(-c4nc(-c5ccccc5)cc(-c5ccccc5)n4)ccc3-n3c4ccccc4c4cc(C(=O)OCc5ccccc5)ccc43)n2)cc(C(C)(C)C)c1. The van der Waals surface area contributed by atoms with Crippen molar-refractivity contribution in [1.82, 2.24) is 29.5 Å². The first-order valence-corrected chi connectivity index (χ1v) is 28.0. The molecule has 3 heterocycles. The van der Waals surface area contributed by atoms with Gasteiger partial charge in [0.25, 0.3) is 0 Å². The molecule has 3 aromatic heterocycles. The number of hydrogen-bond acceptors (Lipinski definition) is 7. The largest absolute Gasteiger partial charge is 0.457 e. The second-order valence-corrected chi connectivity index (χ2v) is 25.5. The van der Waals surface area contributed by atoms with Crippen molar-refractivity contribution in [2.24, 2.45) is 0 Å². The van der Waals surface area contributed by atoms with Crippen molar-refractivity contribution in [3.05, 3.63) is 228 Å². The van der Waals surface area contributed by atoms with Crippen LogP contribution in [0, 0.1) is 0 Å². The van der Waals surface area contributed by atoms with Crippen LogP contribution in [0.4, 0.5) is 0 Å². The second-order valence-electron chi connectivity index (χ2n) is 25.5. The number of fused-ring (bicyclic) bond motifs is 3. The maximum atomic E-state index is 13.9. The number of benzene rings is 8. The molecule has 11 aromatic rings. The number of para-hydroxylation sites is 1. The Bertz CT molecular complexity index is 3940. The van der Waals surface area contributed by atoms with E-state index in [2.05, 4.69) is 191 Å². The molecule has 0 unspecified atom stereocenters. The molecule has 8 nitrogen and oxygen atoms in total. The topological polar surface area (TPSA) is 95.7 Å². The minimum absolute atomic E-state index is 0.166. The number of nitrogens with zero attached hydrogens (tertiary/aromatic N) is 6. The molecule has 11 rings (SSSR count). The molecule has 0 aliphatic carbocycles. The van der Waals surface area contributed by atoms with Gasteiger partial charge in [-0.15, -0.1) is 0 Å². The van der Waals surface area contributed by atoms with Gasteiger partial charge < -0.3 is 9.30 Å². The lowest BCUT2D eigenvalue weighted by Gasteiger charge is -2.26. The van der Waals surface area contributed by atoms with Gasteiger partial charge in [-0.1, -0.05) is 204 Å². The monoisotopic (exact) mass is 1060 g/mol. The predicted molar refractivity (Wildman–Crippen MR) is 333 cm³/mol. The summed E-state index contributed by atoms with van der Waals surface area (Å²) in [4.78, 5) is 41.3. The summed E-state index contributed by atoms with van der Waals surface area (Å²) < 4.78 is 8.15. The summed E-state index contributed by atoms with van der Waals surface area (Å²) in [6.45, 7) is 27.3. The van der Waals surface area contributed by atoms with Crippen LogP contribution in [0.25, 0.3) is 95.6 Å². The van der Waals surface area contributed by atoms with E-state index in [1.807, 2.05) is 91.0 Å². The summed E-state index contributed by atoms with van der Waals surface area (Å²) in [6, 6.07) is 66.6. The van der Waals surface area contributed by atoms with Crippen molar-refractivity contribution in [1.29, 1.82) is 0 Å². The van der Waals surface area contributed by atoms with Crippen LogP contribution in [0.3, 0.4) is 0 Å². The lowest BCUT2D eigenvalue weighted by molar-refractivity contribution is 0.0473. The molecule has 81 heavy (non-hydrogen) atoms. The number of esters is 1. The van der Waals surface area contributed by atoms with Crippen molar-refractivity contribution < 1.29 is 9.53 Å².